The molecule has 104 valence electrons. The lowest BCUT2D eigenvalue weighted by Crippen LogP contribution is -2.33. The fraction of sp³-hybridized carbons (Fsp3) is 1.00. The third-order valence-electron chi connectivity index (χ3n) is 2.75. The first kappa shape index (κ1) is 16.9. The van der Waals surface area contributed by atoms with Crippen LogP contribution in [0.4, 0.5) is 0 Å². The van der Waals surface area contributed by atoms with Gasteiger partial charge >= 0.3 is 0 Å². The van der Waals surface area contributed by atoms with Crippen molar-refractivity contribution < 1.29 is 13.2 Å². The Labute approximate surface area is 106 Å². The Bertz CT molecular complexity index is 265. The van der Waals surface area contributed by atoms with Crippen molar-refractivity contribution >= 4 is 9.84 Å². The van der Waals surface area contributed by atoms with Crippen LogP contribution in [0.2, 0.25) is 0 Å². The molecular weight excluding hydrogens is 238 g/mol. The van der Waals surface area contributed by atoms with Crippen LogP contribution in [-0.2, 0) is 14.6 Å². The summed E-state index contributed by atoms with van der Waals surface area (Å²) in [5, 5.41) is 3.41. The number of methoxy groups -OCH3 is 1. The van der Waals surface area contributed by atoms with Gasteiger partial charge in [0.05, 0.1) is 12.4 Å². The van der Waals surface area contributed by atoms with Gasteiger partial charge in [-0.3, -0.25) is 0 Å². The molecule has 5 heteroatoms. The summed E-state index contributed by atoms with van der Waals surface area (Å²) in [6.45, 7) is 5.51. The van der Waals surface area contributed by atoms with E-state index in [1.807, 2.05) is 0 Å². The van der Waals surface area contributed by atoms with E-state index in [0.717, 1.165) is 32.2 Å². The highest BCUT2D eigenvalue weighted by atomic mass is 32.2. The smallest absolute Gasteiger partial charge is 0.150 e. The highest BCUT2D eigenvalue weighted by molar-refractivity contribution is 7.91. The van der Waals surface area contributed by atoms with Gasteiger partial charge in [-0.25, -0.2) is 8.42 Å². The van der Waals surface area contributed by atoms with Gasteiger partial charge in [-0.2, -0.15) is 0 Å². The minimum absolute atomic E-state index is 0.253. The molecule has 17 heavy (non-hydrogen) atoms. The van der Waals surface area contributed by atoms with E-state index in [9.17, 15) is 8.42 Å². The van der Waals surface area contributed by atoms with E-state index in [0.29, 0.717) is 18.4 Å². The predicted molar refractivity (Wildman–Crippen MR) is 72.1 cm³/mol. The van der Waals surface area contributed by atoms with Crippen molar-refractivity contribution in [1.29, 1.82) is 0 Å². The fourth-order valence-electron chi connectivity index (χ4n) is 1.65. The summed E-state index contributed by atoms with van der Waals surface area (Å²) in [5.74, 6) is 0.569. The third kappa shape index (κ3) is 9.56. The van der Waals surface area contributed by atoms with Crippen molar-refractivity contribution in [3.8, 4) is 0 Å². The number of nitrogens with one attached hydrogen (secondary N) is 1. The molecule has 0 aromatic heterocycles. The maximum Gasteiger partial charge on any atom is 0.150 e. The van der Waals surface area contributed by atoms with Gasteiger partial charge in [0.1, 0.15) is 9.84 Å². The number of sulfone groups is 1. The lowest BCUT2D eigenvalue weighted by molar-refractivity contribution is 0.161. The summed E-state index contributed by atoms with van der Waals surface area (Å²) < 4.78 is 27.7. The Kier molecular flexibility index (Phi) is 9.78. The van der Waals surface area contributed by atoms with Gasteiger partial charge in [0.2, 0.25) is 0 Å². The number of hydrogen-bond acceptors (Lipinski definition) is 4. The van der Waals surface area contributed by atoms with Crippen LogP contribution in [0, 0.1) is 0 Å². The molecule has 0 bridgehead atoms. The number of unbranched alkanes of at least 4 members (excludes halogenated alkanes) is 1. The van der Waals surface area contributed by atoms with Gasteiger partial charge in [-0.05, 0) is 25.8 Å². The molecule has 0 amide bonds. The molecule has 0 rings (SSSR count). The zero-order valence-electron chi connectivity index (χ0n) is 11.4. The normalized spacial score (nSPS) is 13.8. The Hall–Kier alpha value is -0.130. The van der Waals surface area contributed by atoms with Crippen LogP contribution >= 0.6 is 0 Å². The van der Waals surface area contributed by atoms with Crippen LogP contribution in [0.3, 0.4) is 0 Å². The molecule has 1 N–H and O–H groups in total. The summed E-state index contributed by atoms with van der Waals surface area (Å²) >= 11 is 0. The molecule has 0 aliphatic rings. The lowest BCUT2D eigenvalue weighted by atomic mass is 10.1. The number of ether oxygens (including phenoxy) is 1. The van der Waals surface area contributed by atoms with E-state index >= 15 is 0 Å². The van der Waals surface area contributed by atoms with Crippen LogP contribution in [-0.4, -0.2) is 46.2 Å². The Morgan fingerprint density at radius 1 is 1.24 bits per heavy atom. The fourth-order valence-corrected chi connectivity index (χ4v) is 2.58. The average Bonchev–Trinajstić information content (AvgIpc) is 2.31. The molecule has 0 fully saturated rings. The second-order valence-corrected chi connectivity index (χ2v) is 6.81. The van der Waals surface area contributed by atoms with E-state index in [-0.39, 0.29) is 5.75 Å². The topological polar surface area (TPSA) is 55.4 Å². The van der Waals surface area contributed by atoms with Crippen molar-refractivity contribution in [2.45, 2.75) is 45.6 Å². The monoisotopic (exact) mass is 265 g/mol. The van der Waals surface area contributed by atoms with Gasteiger partial charge in [0.25, 0.3) is 0 Å². The van der Waals surface area contributed by atoms with Crippen molar-refractivity contribution in [3.05, 3.63) is 0 Å². The molecule has 0 aliphatic carbocycles. The van der Waals surface area contributed by atoms with E-state index in [4.69, 9.17) is 4.74 Å². The lowest BCUT2D eigenvalue weighted by Gasteiger charge is -2.17. The first-order chi connectivity index (χ1) is 8.05. The SMILES string of the molecule is CCCNC(CCCCS(=O)(=O)CC)COC. The van der Waals surface area contributed by atoms with E-state index < -0.39 is 9.84 Å². The zero-order chi connectivity index (χ0) is 13.1. The Morgan fingerprint density at radius 3 is 2.47 bits per heavy atom. The minimum Gasteiger partial charge on any atom is -0.383 e. The summed E-state index contributed by atoms with van der Waals surface area (Å²) in [6.07, 6.45) is 3.77. The first-order valence-electron chi connectivity index (χ1n) is 6.48. The maximum atomic E-state index is 11.3. The average molecular weight is 265 g/mol. The highest BCUT2D eigenvalue weighted by Gasteiger charge is 2.09. The number of rotatable bonds is 11. The minimum atomic E-state index is -2.80. The molecule has 0 aromatic rings. The number of hydrogen-bond donors (Lipinski definition) is 1. The van der Waals surface area contributed by atoms with Crippen molar-refractivity contribution in [3.63, 3.8) is 0 Å². The standard InChI is InChI=1S/C12H27NO3S/c1-4-9-13-12(11-16-3)8-6-7-10-17(14,15)5-2/h12-13H,4-11H2,1-3H3. The second kappa shape index (κ2) is 9.85. The Balaban J connectivity index is 3.74. The first-order valence-corrected chi connectivity index (χ1v) is 8.30. The van der Waals surface area contributed by atoms with Gasteiger partial charge in [0.15, 0.2) is 0 Å². The quantitative estimate of drug-likeness (QED) is 0.577. The van der Waals surface area contributed by atoms with Crippen LogP contribution in [0.25, 0.3) is 0 Å². The van der Waals surface area contributed by atoms with E-state index in [1.54, 1.807) is 14.0 Å². The van der Waals surface area contributed by atoms with Crippen molar-refractivity contribution in [2.75, 3.05) is 31.8 Å². The molecule has 1 unspecified atom stereocenters. The van der Waals surface area contributed by atoms with Gasteiger partial charge in [0, 0.05) is 18.9 Å². The molecule has 0 heterocycles. The largest absolute Gasteiger partial charge is 0.383 e. The molecule has 0 saturated heterocycles. The highest BCUT2D eigenvalue weighted by Crippen LogP contribution is 2.04. The van der Waals surface area contributed by atoms with Crippen LogP contribution in [0.1, 0.15) is 39.5 Å². The molecule has 0 aliphatic heterocycles. The van der Waals surface area contributed by atoms with Gasteiger partial charge in [-0.1, -0.05) is 20.3 Å². The molecule has 0 saturated carbocycles. The van der Waals surface area contributed by atoms with Crippen LogP contribution < -0.4 is 5.32 Å². The van der Waals surface area contributed by atoms with E-state index in [2.05, 4.69) is 12.2 Å². The molecule has 4 nitrogen and oxygen atoms in total. The molecule has 1 atom stereocenters. The molecular formula is C12H27NO3S. The summed E-state index contributed by atoms with van der Waals surface area (Å²) in [6, 6.07) is 0.351. The Morgan fingerprint density at radius 2 is 1.94 bits per heavy atom. The van der Waals surface area contributed by atoms with Gasteiger partial charge in [-0.15, -0.1) is 0 Å². The molecule has 0 aromatic carbocycles. The predicted octanol–water partition coefficient (Wildman–Crippen LogP) is 1.61. The molecule has 0 radical (unpaired) electrons. The zero-order valence-corrected chi connectivity index (χ0v) is 12.2. The molecule has 0 spiro atoms. The summed E-state index contributed by atoms with van der Waals surface area (Å²) in [7, 11) is -1.10. The summed E-state index contributed by atoms with van der Waals surface area (Å²) in [5.41, 5.74) is 0. The van der Waals surface area contributed by atoms with Crippen LogP contribution in [0.15, 0.2) is 0 Å². The summed E-state index contributed by atoms with van der Waals surface area (Å²) in [4.78, 5) is 0. The van der Waals surface area contributed by atoms with Crippen molar-refractivity contribution in [2.24, 2.45) is 0 Å². The third-order valence-corrected chi connectivity index (χ3v) is 4.54. The van der Waals surface area contributed by atoms with Gasteiger partial charge < -0.3 is 10.1 Å². The maximum absolute atomic E-state index is 11.3. The van der Waals surface area contributed by atoms with E-state index in [1.165, 1.54) is 0 Å². The second-order valence-electron chi connectivity index (χ2n) is 4.34. The van der Waals surface area contributed by atoms with Crippen molar-refractivity contribution in [1.82, 2.24) is 5.32 Å². The van der Waals surface area contributed by atoms with Crippen LogP contribution in [0.5, 0.6) is 0 Å².